The Morgan fingerprint density at radius 2 is 0.734 bits per heavy atom. The highest BCUT2D eigenvalue weighted by Crippen LogP contribution is 2.47. The van der Waals surface area contributed by atoms with Crippen LogP contribution in [0.1, 0.15) is 0 Å². The first-order chi connectivity index (χ1) is 31.8. The van der Waals surface area contributed by atoms with Crippen LogP contribution in [0.15, 0.2) is 224 Å². The topological polar surface area (TPSA) is 14.8 Å². The highest BCUT2D eigenvalue weighted by molar-refractivity contribution is 7.26. The molecule has 0 amide bonds. The van der Waals surface area contributed by atoms with Crippen molar-refractivity contribution in [1.82, 2.24) is 13.7 Å². The Labute approximate surface area is 372 Å². The van der Waals surface area contributed by atoms with Gasteiger partial charge in [0.15, 0.2) is 0 Å². The van der Waals surface area contributed by atoms with Gasteiger partial charge >= 0.3 is 0 Å². The van der Waals surface area contributed by atoms with Gasteiger partial charge in [0.1, 0.15) is 0 Å². The minimum absolute atomic E-state index is 1.13. The predicted octanol–water partition coefficient (Wildman–Crippen LogP) is 16.7. The summed E-state index contributed by atoms with van der Waals surface area (Å²) in [6.45, 7) is 0. The molecule has 3 nitrogen and oxygen atoms in total. The lowest BCUT2D eigenvalue weighted by Crippen LogP contribution is -1.98. The third kappa shape index (κ3) is 5.03. The Morgan fingerprint density at radius 1 is 0.266 bits per heavy atom. The average molecular weight is 832 g/mol. The van der Waals surface area contributed by atoms with Crippen LogP contribution in [0.5, 0.6) is 0 Å². The zero-order valence-corrected chi connectivity index (χ0v) is 35.4. The molecule has 298 valence electrons. The molecule has 14 aromatic rings. The lowest BCUT2D eigenvalue weighted by Gasteiger charge is -2.15. The molecule has 0 N–H and O–H groups in total. The summed E-state index contributed by atoms with van der Waals surface area (Å²) in [5.41, 5.74) is 15.6. The molecule has 4 aromatic heterocycles. The molecule has 0 spiro atoms. The molecule has 0 unspecified atom stereocenters. The van der Waals surface area contributed by atoms with Crippen LogP contribution in [0.4, 0.5) is 0 Å². The summed E-state index contributed by atoms with van der Waals surface area (Å²) in [5.74, 6) is 0. The van der Waals surface area contributed by atoms with E-state index in [2.05, 4.69) is 238 Å². The van der Waals surface area contributed by atoms with Crippen LogP contribution >= 0.6 is 11.3 Å². The van der Waals surface area contributed by atoms with Crippen LogP contribution < -0.4 is 0 Å². The zero-order valence-electron chi connectivity index (χ0n) is 34.6. The third-order valence-electron chi connectivity index (χ3n) is 13.5. The minimum Gasteiger partial charge on any atom is -0.309 e. The molecule has 0 aliphatic rings. The van der Waals surface area contributed by atoms with Gasteiger partial charge < -0.3 is 13.7 Å². The molecule has 0 bridgehead atoms. The number of aromatic nitrogens is 3. The monoisotopic (exact) mass is 831 g/mol. The second-order valence-electron chi connectivity index (χ2n) is 16.8. The van der Waals surface area contributed by atoms with E-state index >= 15 is 0 Å². The molecular weight excluding hydrogens is 795 g/mol. The molecule has 0 aliphatic heterocycles. The molecule has 0 atom stereocenters. The van der Waals surface area contributed by atoms with Crippen LogP contribution in [-0.2, 0) is 0 Å². The molecular formula is C60H37N3S. The number of rotatable bonds is 5. The minimum atomic E-state index is 1.13. The van der Waals surface area contributed by atoms with E-state index in [0.29, 0.717) is 0 Å². The largest absolute Gasteiger partial charge is 0.309 e. The van der Waals surface area contributed by atoms with E-state index in [4.69, 9.17) is 0 Å². The Bertz CT molecular complexity index is 4140. The molecule has 0 saturated heterocycles. The maximum Gasteiger partial charge on any atom is 0.0562 e. The van der Waals surface area contributed by atoms with Crippen LogP contribution in [-0.4, -0.2) is 13.7 Å². The molecule has 4 heterocycles. The smallest absolute Gasteiger partial charge is 0.0562 e. The van der Waals surface area contributed by atoms with Gasteiger partial charge in [-0.25, -0.2) is 0 Å². The fourth-order valence-electron chi connectivity index (χ4n) is 10.8. The number of para-hydroxylation sites is 4. The summed E-state index contributed by atoms with van der Waals surface area (Å²) in [6.07, 6.45) is 0. The van der Waals surface area contributed by atoms with Crippen molar-refractivity contribution in [1.29, 1.82) is 0 Å². The van der Waals surface area contributed by atoms with Crippen molar-refractivity contribution >= 4 is 96.9 Å². The molecule has 4 heteroatoms. The Kier molecular flexibility index (Phi) is 7.56. The fraction of sp³-hybridized carbons (Fsp3) is 0. The van der Waals surface area contributed by atoms with Crippen molar-refractivity contribution in [2.45, 2.75) is 0 Å². The molecule has 64 heavy (non-hydrogen) atoms. The summed E-state index contributed by atoms with van der Waals surface area (Å²) in [6, 6.07) is 82.7. The molecule has 0 fully saturated rings. The van der Waals surface area contributed by atoms with Crippen LogP contribution in [0.2, 0.25) is 0 Å². The molecule has 0 saturated carbocycles. The number of benzene rings is 10. The van der Waals surface area contributed by atoms with Crippen LogP contribution in [0.25, 0.3) is 125 Å². The second kappa shape index (κ2) is 13.7. The maximum atomic E-state index is 2.52. The van der Waals surface area contributed by atoms with Gasteiger partial charge in [0.2, 0.25) is 0 Å². The summed E-state index contributed by atoms with van der Waals surface area (Å²) in [5, 5.41) is 10.1. The lowest BCUT2D eigenvalue weighted by atomic mass is 9.92. The Morgan fingerprint density at radius 3 is 1.41 bits per heavy atom. The van der Waals surface area contributed by atoms with E-state index in [1.807, 2.05) is 11.3 Å². The van der Waals surface area contributed by atoms with Crippen molar-refractivity contribution in [3.05, 3.63) is 224 Å². The van der Waals surface area contributed by atoms with E-state index in [-0.39, 0.29) is 0 Å². The number of hydrogen-bond donors (Lipinski definition) is 0. The number of hydrogen-bond acceptors (Lipinski definition) is 1. The Balaban J connectivity index is 1.02. The number of nitrogens with zero attached hydrogens (tertiary/aromatic N) is 3. The van der Waals surface area contributed by atoms with Gasteiger partial charge in [-0.3, -0.25) is 0 Å². The molecule has 14 rings (SSSR count). The van der Waals surface area contributed by atoms with Crippen molar-refractivity contribution in [2.24, 2.45) is 0 Å². The lowest BCUT2D eigenvalue weighted by molar-refractivity contribution is 1.16. The molecule has 0 radical (unpaired) electrons. The van der Waals surface area contributed by atoms with Crippen molar-refractivity contribution < 1.29 is 0 Å². The second-order valence-corrected chi connectivity index (χ2v) is 17.9. The SMILES string of the molecule is c1ccc(-c2ccccc2-c2cccc3sc4cccc(-n5c6ccccc6c6ccc(-n7c8ccccc8c8cc(-n9c%10ccccc%10c%10ccccc%109)ccc87)cc65)c4c23)cc1. The van der Waals surface area contributed by atoms with Crippen LogP contribution in [0.3, 0.4) is 0 Å². The first-order valence-corrected chi connectivity index (χ1v) is 22.7. The highest BCUT2D eigenvalue weighted by Gasteiger charge is 2.22. The summed E-state index contributed by atoms with van der Waals surface area (Å²) >= 11 is 1.88. The van der Waals surface area contributed by atoms with E-state index in [9.17, 15) is 0 Å². The van der Waals surface area contributed by atoms with Gasteiger partial charge in [-0.05, 0) is 95.1 Å². The zero-order chi connectivity index (χ0) is 41.9. The van der Waals surface area contributed by atoms with E-state index in [0.717, 1.165) is 11.4 Å². The van der Waals surface area contributed by atoms with Crippen molar-refractivity contribution in [3.8, 4) is 39.3 Å². The number of thiophene rings is 1. The molecule has 10 aromatic carbocycles. The third-order valence-corrected chi connectivity index (χ3v) is 14.6. The predicted molar refractivity (Wildman–Crippen MR) is 273 cm³/mol. The highest BCUT2D eigenvalue weighted by atomic mass is 32.1. The van der Waals surface area contributed by atoms with Crippen molar-refractivity contribution in [2.75, 3.05) is 0 Å². The maximum absolute atomic E-state index is 2.52. The van der Waals surface area contributed by atoms with Gasteiger partial charge in [0.25, 0.3) is 0 Å². The summed E-state index contributed by atoms with van der Waals surface area (Å²) in [4.78, 5) is 0. The summed E-state index contributed by atoms with van der Waals surface area (Å²) in [7, 11) is 0. The van der Waals surface area contributed by atoms with Gasteiger partial charge in [0, 0.05) is 63.9 Å². The normalized spacial score (nSPS) is 12.1. The van der Waals surface area contributed by atoms with E-state index < -0.39 is 0 Å². The van der Waals surface area contributed by atoms with Gasteiger partial charge in [-0.15, -0.1) is 11.3 Å². The number of fused-ring (bicyclic) bond motifs is 12. The average Bonchev–Trinajstić information content (AvgIpc) is 4.10. The van der Waals surface area contributed by atoms with E-state index in [1.165, 1.54) is 114 Å². The van der Waals surface area contributed by atoms with Gasteiger partial charge in [-0.2, -0.15) is 0 Å². The van der Waals surface area contributed by atoms with Crippen molar-refractivity contribution in [3.63, 3.8) is 0 Å². The fourth-order valence-corrected chi connectivity index (χ4v) is 11.9. The van der Waals surface area contributed by atoms with Crippen LogP contribution in [0, 0.1) is 0 Å². The molecule has 0 aliphatic carbocycles. The first-order valence-electron chi connectivity index (χ1n) is 21.9. The Hall–Kier alpha value is -8.18. The quantitative estimate of drug-likeness (QED) is 0.164. The summed E-state index contributed by atoms with van der Waals surface area (Å²) < 4.78 is 9.97. The van der Waals surface area contributed by atoms with Gasteiger partial charge in [-0.1, -0.05) is 152 Å². The van der Waals surface area contributed by atoms with Gasteiger partial charge in [0.05, 0.1) is 38.8 Å². The standard InChI is InChI=1S/C60H37N3S/c1-2-16-38(17-3-1)41-18-4-5-19-42(41)48-24-14-30-57-59(48)60-55(29-15-31-58(60)64-57)63-53-28-13-8-22-45(53)47-34-32-40(37-56(47)63)62-52-27-12-9-23-46(52)49-36-39(33-35-54(49)62)61-50-25-10-6-20-43(50)44-21-7-11-26-51(44)61/h1-37H. The first kappa shape index (κ1) is 35.4. The van der Waals surface area contributed by atoms with E-state index in [1.54, 1.807) is 0 Å².